The first kappa shape index (κ1) is 13.2. The van der Waals surface area contributed by atoms with Crippen LogP contribution < -0.4 is 4.65 Å². The summed E-state index contributed by atoms with van der Waals surface area (Å²) in [7, 11) is 0. The standard InChI is InChI=1S/C14H23NO/c1-5-6-12-15(16,14(2,3)4)13-10-8-7-9-11-13/h7-11H,5-6,12H2,1-4H3. The Labute approximate surface area is 99.1 Å². The molecule has 0 radical (unpaired) electrons. The van der Waals surface area contributed by atoms with E-state index in [9.17, 15) is 5.21 Å². The summed E-state index contributed by atoms with van der Waals surface area (Å²) in [6.45, 7) is 8.83. The molecule has 0 saturated carbocycles. The molecule has 2 heteroatoms. The molecule has 0 bridgehead atoms. The van der Waals surface area contributed by atoms with Crippen molar-refractivity contribution in [1.29, 1.82) is 0 Å². The van der Waals surface area contributed by atoms with Crippen LogP contribution in [0.25, 0.3) is 0 Å². The second-order valence-electron chi connectivity index (χ2n) is 5.32. The SMILES string of the molecule is CCCC[N+]([O-])(c1ccccc1)C(C)(C)C. The van der Waals surface area contributed by atoms with Crippen molar-refractivity contribution in [3.8, 4) is 0 Å². The molecule has 0 amide bonds. The zero-order chi connectivity index (χ0) is 12.2. The predicted molar refractivity (Wildman–Crippen MR) is 71.1 cm³/mol. The maximum absolute atomic E-state index is 13.0. The van der Waals surface area contributed by atoms with Crippen molar-refractivity contribution in [3.05, 3.63) is 35.5 Å². The molecule has 0 fully saturated rings. The Bertz CT molecular complexity index is 315. The fourth-order valence-electron chi connectivity index (χ4n) is 1.90. The lowest BCUT2D eigenvalue weighted by molar-refractivity contribution is 0.204. The summed E-state index contributed by atoms with van der Waals surface area (Å²) < 4.78 is -0.234. The average Bonchev–Trinajstić information content (AvgIpc) is 2.25. The minimum atomic E-state index is -0.309. The Hall–Kier alpha value is -0.860. The topological polar surface area (TPSA) is 23.1 Å². The molecule has 0 heterocycles. The quantitative estimate of drug-likeness (QED) is 0.554. The number of benzene rings is 1. The normalized spacial score (nSPS) is 15.8. The first-order chi connectivity index (χ1) is 7.42. The minimum absolute atomic E-state index is 0.234. The van der Waals surface area contributed by atoms with Crippen molar-refractivity contribution < 1.29 is 0 Å². The third kappa shape index (κ3) is 2.63. The third-order valence-electron chi connectivity index (χ3n) is 3.08. The molecule has 0 saturated heterocycles. The van der Waals surface area contributed by atoms with E-state index in [2.05, 4.69) is 6.92 Å². The van der Waals surface area contributed by atoms with E-state index in [1.165, 1.54) is 0 Å². The van der Waals surface area contributed by atoms with Crippen LogP contribution in [0, 0.1) is 5.21 Å². The van der Waals surface area contributed by atoms with Crippen LogP contribution in [0.5, 0.6) is 0 Å². The van der Waals surface area contributed by atoms with Crippen molar-refractivity contribution in [3.63, 3.8) is 0 Å². The predicted octanol–water partition coefficient (Wildman–Crippen LogP) is 4.09. The van der Waals surface area contributed by atoms with Crippen LogP contribution >= 0.6 is 0 Å². The maximum Gasteiger partial charge on any atom is 0.133 e. The molecule has 90 valence electrons. The Morgan fingerprint density at radius 1 is 1.12 bits per heavy atom. The van der Waals surface area contributed by atoms with Gasteiger partial charge >= 0.3 is 0 Å². The second kappa shape index (κ2) is 4.98. The molecule has 0 aliphatic heterocycles. The van der Waals surface area contributed by atoms with Gasteiger partial charge < -0.3 is 9.85 Å². The van der Waals surface area contributed by atoms with Gasteiger partial charge in [-0.3, -0.25) is 0 Å². The lowest BCUT2D eigenvalue weighted by atomic mass is 10.0. The molecule has 2 nitrogen and oxygen atoms in total. The Kier molecular flexibility index (Phi) is 4.11. The van der Waals surface area contributed by atoms with Crippen LogP contribution in [-0.2, 0) is 0 Å². The number of hydrogen-bond acceptors (Lipinski definition) is 1. The van der Waals surface area contributed by atoms with E-state index in [0.717, 1.165) is 18.5 Å². The van der Waals surface area contributed by atoms with Crippen LogP contribution in [0.1, 0.15) is 40.5 Å². The van der Waals surface area contributed by atoms with Gasteiger partial charge in [-0.25, -0.2) is 0 Å². The lowest BCUT2D eigenvalue weighted by Gasteiger charge is -2.52. The number of rotatable bonds is 4. The molecule has 1 unspecified atom stereocenters. The van der Waals surface area contributed by atoms with Gasteiger partial charge in [-0.2, -0.15) is 0 Å². The van der Waals surface area contributed by atoms with Gasteiger partial charge in [0.05, 0.1) is 12.1 Å². The number of hydroxylamine groups is 2. The van der Waals surface area contributed by atoms with Gasteiger partial charge in [-0.15, -0.1) is 0 Å². The lowest BCUT2D eigenvalue weighted by Crippen LogP contribution is -2.57. The van der Waals surface area contributed by atoms with Crippen molar-refractivity contribution in [2.24, 2.45) is 0 Å². The van der Waals surface area contributed by atoms with Gasteiger partial charge in [0, 0.05) is 0 Å². The van der Waals surface area contributed by atoms with Crippen molar-refractivity contribution in [2.75, 3.05) is 6.54 Å². The maximum atomic E-state index is 13.0. The summed E-state index contributed by atoms with van der Waals surface area (Å²) in [4.78, 5) is 0. The van der Waals surface area contributed by atoms with E-state index in [-0.39, 0.29) is 10.2 Å². The monoisotopic (exact) mass is 221 g/mol. The summed E-state index contributed by atoms with van der Waals surface area (Å²) in [6.07, 6.45) is 2.03. The van der Waals surface area contributed by atoms with Gasteiger partial charge in [0.2, 0.25) is 0 Å². The van der Waals surface area contributed by atoms with E-state index in [0.29, 0.717) is 6.54 Å². The second-order valence-corrected chi connectivity index (χ2v) is 5.32. The Morgan fingerprint density at radius 3 is 2.12 bits per heavy atom. The summed E-state index contributed by atoms with van der Waals surface area (Å²) >= 11 is 0. The van der Waals surface area contributed by atoms with Gasteiger partial charge in [-0.1, -0.05) is 31.5 Å². The van der Waals surface area contributed by atoms with E-state index in [1.54, 1.807) is 0 Å². The first-order valence-electron chi connectivity index (χ1n) is 6.06. The minimum Gasteiger partial charge on any atom is -0.627 e. The molecule has 0 spiro atoms. The Balaban J connectivity index is 3.05. The molecular formula is C14H23NO. The molecule has 0 aliphatic carbocycles. The summed E-state index contributed by atoms with van der Waals surface area (Å²) in [5, 5.41) is 13.0. The largest absolute Gasteiger partial charge is 0.627 e. The number of unbranched alkanes of at least 4 members (excludes halogenated alkanes) is 1. The molecule has 0 aliphatic rings. The fraction of sp³-hybridized carbons (Fsp3) is 0.571. The zero-order valence-corrected chi connectivity index (χ0v) is 10.9. The van der Waals surface area contributed by atoms with Crippen LogP contribution in [-0.4, -0.2) is 12.1 Å². The van der Waals surface area contributed by atoms with E-state index >= 15 is 0 Å². The molecule has 0 aromatic heterocycles. The van der Waals surface area contributed by atoms with Gasteiger partial charge in [-0.05, 0) is 39.3 Å². The number of hydrogen-bond donors (Lipinski definition) is 0. The third-order valence-corrected chi connectivity index (χ3v) is 3.08. The van der Waals surface area contributed by atoms with Crippen LogP contribution in [0.2, 0.25) is 0 Å². The molecule has 1 aromatic carbocycles. The first-order valence-corrected chi connectivity index (χ1v) is 6.06. The van der Waals surface area contributed by atoms with Crippen LogP contribution in [0.4, 0.5) is 5.69 Å². The molecule has 16 heavy (non-hydrogen) atoms. The summed E-state index contributed by atoms with van der Waals surface area (Å²) in [6, 6.07) is 9.72. The Morgan fingerprint density at radius 2 is 1.69 bits per heavy atom. The molecule has 1 aromatic rings. The molecular weight excluding hydrogens is 198 g/mol. The highest BCUT2D eigenvalue weighted by atomic mass is 16.6. The van der Waals surface area contributed by atoms with Crippen molar-refractivity contribution in [2.45, 2.75) is 46.1 Å². The average molecular weight is 221 g/mol. The zero-order valence-electron chi connectivity index (χ0n) is 10.9. The highest BCUT2D eigenvalue weighted by Crippen LogP contribution is 2.32. The van der Waals surface area contributed by atoms with Crippen molar-refractivity contribution >= 4 is 5.69 Å². The highest BCUT2D eigenvalue weighted by molar-refractivity contribution is 5.45. The van der Waals surface area contributed by atoms with E-state index in [1.807, 2.05) is 51.1 Å². The van der Waals surface area contributed by atoms with Crippen molar-refractivity contribution in [1.82, 2.24) is 4.65 Å². The molecule has 1 atom stereocenters. The summed E-state index contributed by atoms with van der Waals surface area (Å²) in [5.74, 6) is 0. The van der Waals surface area contributed by atoms with Gasteiger partial charge in [0.15, 0.2) is 0 Å². The number of nitrogens with zero attached hydrogens (tertiary/aromatic N) is 1. The molecule has 0 N–H and O–H groups in total. The van der Waals surface area contributed by atoms with Gasteiger partial charge in [0.1, 0.15) is 5.69 Å². The highest BCUT2D eigenvalue weighted by Gasteiger charge is 2.33. The van der Waals surface area contributed by atoms with E-state index < -0.39 is 0 Å². The van der Waals surface area contributed by atoms with Crippen LogP contribution in [0.15, 0.2) is 30.3 Å². The number of para-hydroxylation sites is 1. The van der Waals surface area contributed by atoms with Crippen LogP contribution in [0.3, 0.4) is 0 Å². The van der Waals surface area contributed by atoms with Gasteiger partial charge in [0.25, 0.3) is 0 Å². The summed E-state index contributed by atoms with van der Waals surface area (Å²) in [5.41, 5.74) is 0.555. The molecule has 1 rings (SSSR count). The fourth-order valence-corrected chi connectivity index (χ4v) is 1.90. The van der Waals surface area contributed by atoms with E-state index in [4.69, 9.17) is 0 Å². The number of quaternary nitrogens is 1. The smallest absolute Gasteiger partial charge is 0.133 e.